The summed E-state index contributed by atoms with van der Waals surface area (Å²) in [6, 6.07) is -0.540. The molecule has 0 aromatic carbocycles. The third-order valence-electron chi connectivity index (χ3n) is 3.59. The van der Waals surface area contributed by atoms with Gasteiger partial charge in [0.15, 0.2) is 0 Å². The second-order valence-electron chi connectivity index (χ2n) is 6.03. The van der Waals surface area contributed by atoms with Crippen molar-refractivity contribution in [3.63, 3.8) is 0 Å². The average molecular weight is 312 g/mol. The van der Waals surface area contributed by atoms with E-state index in [1.54, 1.807) is 0 Å². The first-order chi connectivity index (χ1) is 9.69. The zero-order valence-corrected chi connectivity index (χ0v) is 12.7. The lowest BCUT2D eigenvalue weighted by Gasteiger charge is -2.29. The summed E-state index contributed by atoms with van der Waals surface area (Å²) < 4.78 is 51.3. The molecule has 124 valence electrons. The Labute approximate surface area is 123 Å². The molecule has 1 amide bonds. The van der Waals surface area contributed by atoms with Gasteiger partial charge in [-0.05, 0) is 18.8 Å². The molecule has 7 heteroatoms. The molecule has 0 aliphatic carbocycles. The Bertz CT molecular complexity index is 350. The van der Waals surface area contributed by atoms with Gasteiger partial charge < -0.3 is 4.90 Å². The van der Waals surface area contributed by atoms with Crippen molar-refractivity contribution >= 4 is 5.91 Å². The van der Waals surface area contributed by atoms with Crippen molar-refractivity contribution in [3.05, 3.63) is 0 Å². The lowest BCUT2D eigenvalue weighted by atomic mass is 10.1. The molecular weight excluding hydrogens is 288 g/mol. The van der Waals surface area contributed by atoms with Gasteiger partial charge in [-0.15, -0.1) is 0 Å². The van der Waals surface area contributed by atoms with E-state index in [1.807, 2.05) is 20.8 Å². The van der Waals surface area contributed by atoms with E-state index in [0.717, 1.165) is 17.7 Å². The maximum Gasteiger partial charge on any atom is 0.324 e. The minimum atomic E-state index is -4.17. The van der Waals surface area contributed by atoms with Gasteiger partial charge in [-0.3, -0.25) is 10.1 Å². The first kappa shape index (κ1) is 18.2. The zero-order valence-electron chi connectivity index (χ0n) is 12.7. The second-order valence-corrected chi connectivity index (χ2v) is 6.03. The Balaban J connectivity index is 2.81. The molecule has 0 radical (unpaired) electrons. The molecule has 1 fully saturated rings. The van der Waals surface area contributed by atoms with Crippen LogP contribution in [0.2, 0.25) is 0 Å². The fourth-order valence-corrected chi connectivity index (χ4v) is 2.49. The fraction of sp³-hybridized carbons (Fsp3) is 0.929. The number of hydrogen-bond acceptors (Lipinski definition) is 2. The van der Waals surface area contributed by atoms with Crippen LogP contribution in [0.1, 0.15) is 46.5 Å². The van der Waals surface area contributed by atoms with Crippen molar-refractivity contribution in [2.75, 3.05) is 6.54 Å². The number of halogens is 4. The Hall–Kier alpha value is -0.850. The number of nitrogens with one attached hydrogen (secondary N) is 1. The van der Waals surface area contributed by atoms with Gasteiger partial charge in [-0.1, -0.05) is 33.6 Å². The van der Waals surface area contributed by atoms with E-state index in [9.17, 15) is 22.4 Å². The van der Waals surface area contributed by atoms with Crippen molar-refractivity contribution in [2.45, 2.75) is 71.0 Å². The molecule has 1 rings (SSSR count). The van der Waals surface area contributed by atoms with Crippen LogP contribution in [0.4, 0.5) is 17.6 Å². The predicted octanol–water partition coefficient (Wildman–Crippen LogP) is 3.25. The molecule has 2 atom stereocenters. The van der Waals surface area contributed by atoms with Crippen LogP contribution in [0.25, 0.3) is 0 Å². The SMILES string of the molecule is CCCCC1NC(CC(C)C)N(CC(F)(F)C(F)F)C1=O. The fourth-order valence-electron chi connectivity index (χ4n) is 2.49. The number of unbranched alkanes of at least 4 members (excludes halogenated alkanes) is 1. The molecular formula is C14H24F4N2O. The van der Waals surface area contributed by atoms with E-state index in [-0.39, 0.29) is 5.92 Å². The first-order valence-corrected chi connectivity index (χ1v) is 7.41. The van der Waals surface area contributed by atoms with Gasteiger partial charge in [0.2, 0.25) is 5.91 Å². The number of nitrogens with zero attached hydrogens (tertiary/aromatic N) is 1. The molecule has 1 heterocycles. The summed E-state index contributed by atoms with van der Waals surface area (Å²) in [7, 11) is 0. The molecule has 3 nitrogen and oxygen atoms in total. The topological polar surface area (TPSA) is 32.3 Å². The Morgan fingerprint density at radius 2 is 1.95 bits per heavy atom. The van der Waals surface area contributed by atoms with E-state index in [4.69, 9.17) is 0 Å². The van der Waals surface area contributed by atoms with E-state index in [2.05, 4.69) is 5.32 Å². The zero-order chi connectivity index (χ0) is 16.2. The summed E-state index contributed by atoms with van der Waals surface area (Å²) in [5.74, 6) is -4.50. The minimum absolute atomic E-state index is 0.169. The van der Waals surface area contributed by atoms with Crippen LogP contribution in [0, 0.1) is 5.92 Å². The normalized spacial score (nSPS) is 23.7. The Morgan fingerprint density at radius 3 is 2.43 bits per heavy atom. The van der Waals surface area contributed by atoms with E-state index in [0.29, 0.717) is 12.8 Å². The molecule has 0 saturated carbocycles. The Morgan fingerprint density at radius 1 is 1.33 bits per heavy atom. The van der Waals surface area contributed by atoms with Crippen LogP contribution in [-0.4, -0.2) is 41.9 Å². The van der Waals surface area contributed by atoms with Crippen LogP contribution in [-0.2, 0) is 4.79 Å². The predicted molar refractivity (Wildman–Crippen MR) is 72.4 cm³/mol. The number of rotatable bonds is 8. The minimum Gasteiger partial charge on any atom is -0.320 e. The summed E-state index contributed by atoms with van der Waals surface area (Å²) in [5.41, 5.74) is 0. The van der Waals surface area contributed by atoms with Crippen molar-refractivity contribution in [1.29, 1.82) is 0 Å². The first-order valence-electron chi connectivity index (χ1n) is 7.41. The molecule has 1 aliphatic heterocycles. The number of carbonyl (C=O) groups is 1. The maximum absolute atomic E-state index is 13.3. The third kappa shape index (κ3) is 4.83. The molecule has 0 aromatic heterocycles. The molecule has 1 aliphatic rings. The average Bonchev–Trinajstić information content (AvgIpc) is 2.63. The van der Waals surface area contributed by atoms with Gasteiger partial charge in [-0.25, -0.2) is 8.78 Å². The number of amides is 1. The summed E-state index contributed by atoms with van der Waals surface area (Å²) >= 11 is 0. The quantitative estimate of drug-likeness (QED) is 0.698. The summed E-state index contributed by atoms with van der Waals surface area (Å²) in [4.78, 5) is 13.1. The van der Waals surface area contributed by atoms with E-state index in [1.165, 1.54) is 0 Å². The summed E-state index contributed by atoms with van der Waals surface area (Å²) in [6.45, 7) is 4.54. The molecule has 2 unspecified atom stereocenters. The van der Waals surface area contributed by atoms with Gasteiger partial charge in [0.05, 0.1) is 18.8 Å². The van der Waals surface area contributed by atoms with Gasteiger partial charge in [0.1, 0.15) is 0 Å². The van der Waals surface area contributed by atoms with Gasteiger partial charge >= 0.3 is 12.3 Å². The van der Waals surface area contributed by atoms with Crippen LogP contribution < -0.4 is 5.32 Å². The molecule has 21 heavy (non-hydrogen) atoms. The highest BCUT2D eigenvalue weighted by Gasteiger charge is 2.48. The summed E-state index contributed by atoms with van der Waals surface area (Å²) in [5, 5.41) is 3.02. The number of hydrogen-bond donors (Lipinski definition) is 1. The molecule has 1 saturated heterocycles. The lowest BCUT2D eigenvalue weighted by Crippen LogP contribution is -2.47. The lowest BCUT2D eigenvalue weighted by molar-refractivity contribution is -0.157. The second kappa shape index (κ2) is 7.42. The van der Waals surface area contributed by atoms with E-state index < -0.39 is 37.0 Å². The van der Waals surface area contributed by atoms with E-state index >= 15 is 0 Å². The molecule has 1 N–H and O–H groups in total. The van der Waals surface area contributed by atoms with Crippen molar-refractivity contribution in [2.24, 2.45) is 5.92 Å². The molecule has 0 bridgehead atoms. The molecule has 0 spiro atoms. The van der Waals surface area contributed by atoms with Crippen LogP contribution in [0.5, 0.6) is 0 Å². The van der Waals surface area contributed by atoms with Gasteiger partial charge in [-0.2, -0.15) is 8.78 Å². The standard InChI is InChI=1S/C14H24F4N2O/c1-4-5-6-10-12(21)20(8-14(17,18)13(15)16)11(19-10)7-9(2)3/h9-11,13,19H,4-8H2,1-3H3. The van der Waals surface area contributed by atoms with Gasteiger partial charge in [0, 0.05) is 0 Å². The molecule has 0 aromatic rings. The van der Waals surface area contributed by atoms with Crippen molar-refractivity contribution in [3.8, 4) is 0 Å². The van der Waals surface area contributed by atoms with Crippen LogP contribution in [0.15, 0.2) is 0 Å². The summed E-state index contributed by atoms with van der Waals surface area (Å²) in [6.07, 6.45) is -1.68. The highest BCUT2D eigenvalue weighted by atomic mass is 19.3. The monoisotopic (exact) mass is 312 g/mol. The van der Waals surface area contributed by atoms with Crippen LogP contribution in [0.3, 0.4) is 0 Å². The van der Waals surface area contributed by atoms with Crippen LogP contribution >= 0.6 is 0 Å². The number of alkyl halides is 4. The maximum atomic E-state index is 13.3. The van der Waals surface area contributed by atoms with Gasteiger partial charge in [0.25, 0.3) is 0 Å². The van der Waals surface area contributed by atoms with Crippen molar-refractivity contribution in [1.82, 2.24) is 10.2 Å². The van der Waals surface area contributed by atoms with Crippen molar-refractivity contribution < 1.29 is 22.4 Å². The highest BCUT2D eigenvalue weighted by molar-refractivity contribution is 5.84. The smallest absolute Gasteiger partial charge is 0.320 e. The third-order valence-corrected chi connectivity index (χ3v) is 3.59. The largest absolute Gasteiger partial charge is 0.324 e. The number of carbonyl (C=O) groups excluding carboxylic acids is 1. The Kier molecular flexibility index (Phi) is 6.43. The highest BCUT2D eigenvalue weighted by Crippen LogP contribution is 2.28.